The molecule has 1 unspecified atom stereocenters. The molecule has 1 saturated heterocycles. The first-order valence-electron chi connectivity index (χ1n) is 7.20. The van der Waals surface area contributed by atoms with Crippen LogP contribution in [0.5, 0.6) is 0 Å². The predicted octanol–water partition coefficient (Wildman–Crippen LogP) is -1.37. The number of aliphatic hydroxyl groups excluding tert-OH is 1. The number of carbonyl (C=O) groups excluding carboxylic acids is 4. The maximum atomic E-state index is 11.4. The fourth-order valence-corrected chi connectivity index (χ4v) is 2.31. The minimum Gasteiger partial charge on any atom is -0.463 e. The van der Waals surface area contributed by atoms with Gasteiger partial charge in [-0.3, -0.25) is 19.2 Å². The third-order valence-electron chi connectivity index (χ3n) is 3.09. The summed E-state index contributed by atoms with van der Waals surface area (Å²) in [5.41, 5.74) is 0. The van der Waals surface area contributed by atoms with Gasteiger partial charge in [0, 0.05) is 27.7 Å². The van der Waals surface area contributed by atoms with Crippen molar-refractivity contribution in [3.05, 3.63) is 0 Å². The number of hydrogen-bond acceptors (Lipinski definition) is 9. The molecule has 1 heterocycles. The molecular formula is C14H21NO9. The average Bonchev–Trinajstić information content (AvgIpc) is 2.42. The first-order chi connectivity index (χ1) is 11.1. The zero-order valence-corrected chi connectivity index (χ0v) is 13.8. The highest BCUT2D eigenvalue weighted by molar-refractivity contribution is 5.73. The van der Waals surface area contributed by atoms with E-state index in [-0.39, 0.29) is 6.61 Å². The second kappa shape index (κ2) is 8.60. The molecule has 0 saturated carbocycles. The van der Waals surface area contributed by atoms with Gasteiger partial charge in [0.25, 0.3) is 0 Å². The molecular weight excluding hydrogens is 326 g/mol. The highest BCUT2D eigenvalue weighted by atomic mass is 16.7. The average molecular weight is 347 g/mol. The lowest BCUT2D eigenvalue weighted by atomic mass is 9.96. The molecule has 136 valence electrons. The van der Waals surface area contributed by atoms with Crippen LogP contribution in [0.3, 0.4) is 0 Å². The number of ether oxygens (including phenoxy) is 4. The summed E-state index contributed by atoms with van der Waals surface area (Å²) in [7, 11) is 0. The molecule has 10 nitrogen and oxygen atoms in total. The molecule has 1 aliphatic rings. The highest BCUT2D eigenvalue weighted by Crippen LogP contribution is 2.26. The summed E-state index contributed by atoms with van der Waals surface area (Å²) < 4.78 is 20.3. The van der Waals surface area contributed by atoms with Crippen LogP contribution in [-0.4, -0.2) is 66.2 Å². The van der Waals surface area contributed by atoms with Crippen LogP contribution in [-0.2, 0) is 38.1 Å². The Morgan fingerprint density at radius 2 is 1.50 bits per heavy atom. The van der Waals surface area contributed by atoms with E-state index in [0.717, 1.165) is 13.8 Å². The molecule has 0 spiro atoms. The largest absolute Gasteiger partial charge is 0.463 e. The Labute approximate surface area is 138 Å². The van der Waals surface area contributed by atoms with Crippen molar-refractivity contribution in [2.75, 3.05) is 6.61 Å². The number of nitrogens with one attached hydrogen (secondary N) is 1. The summed E-state index contributed by atoms with van der Waals surface area (Å²) in [6.07, 6.45) is -5.06. The van der Waals surface area contributed by atoms with Crippen LogP contribution in [0, 0.1) is 0 Å². The third kappa shape index (κ3) is 5.78. The van der Waals surface area contributed by atoms with Gasteiger partial charge in [0.1, 0.15) is 18.8 Å². The highest BCUT2D eigenvalue weighted by Gasteiger charge is 2.50. The summed E-state index contributed by atoms with van der Waals surface area (Å²) in [5, 5.41) is 12.5. The normalized spacial score (nSPS) is 29.3. The van der Waals surface area contributed by atoms with Gasteiger partial charge in [0.15, 0.2) is 18.5 Å². The van der Waals surface area contributed by atoms with E-state index in [0.29, 0.717) is 0 Å². The molecule has 0 radical (unpaired) electrons. The van der Waals surface area contributed by atoms with Crippen molar-refractivity contribution >= 4 is 23.8 Å². The lowest BCUT2D eigenvalue weighted by Crippen LogP contribution is -2.66. The molecule has 10 heteroatoms. The van der Waals surface area contributed by atoms with Gasteiger partial charge < -0.3 is 29.4 Å². The van der Waals surface area contributed by atoms with E-state index in [1.165, 1.54) is 13.8 Å². The number of carbonyl (C=O) groups is 4. The Hall–Kier alpha value is -2.20. The van der Waals surface area contributed by atoms with Gasteiger partial charge in [0.2, 0.25) is 5.91 Å². The molecule has 0 aromatic heterocycles. The molecule has 0 aromatic carbocycles. The first kappa shape index (κ1) is 19.8. The third-order valence-corrected chi connectivity index (χ3v) is 3.09. The van der Waals surface area contributed by atoms with Crippen molar-refractivity contribution in [3.63, 3.8) is 0 Å². The van der Waals surface area contributed by atoms with Crippen LogP contribution >= 0.6 is 0 Å². The molecule has 1 aliphatic heterocycles. The van der Waals surface area contributed by atoms with E-state index in [4.69, 9.17) is 18.9 Å². The smallest absolute Gasteiger partial charge is 0.303 e. The maximum absolute atomic E-state index is 11.4. The summed E-state index contributed by atoms with van der Waals surface area (Å²) >= 11 is 0. The topological polar surface area (TPSA) is 137 Å². The minimum absolute atomic E-state index is 0.338. The van der Waals surface area contributed by atoms with Crippen LogP contribution in [0.2, 0.25) is 0 Å². The first-order valence-corrected chi connectivity index (χ1v) is 7.20. The summed E-state index contributed by atoms with van der Waals surface area (Å²) in [5.74, 6) is -2.54. The van der Waals surface area contributed by atoms with Crippen molar-refractivity contribution in [2.45, 2.75) is 58.3 Å². The van der Waals surface area contributed by atoms with Gasteiger partial charge in [-0.05, 0) is 0 Å². The van der Waals surface area contributed by atoms with Crippen molar-refractivity contribution in [2.24, 2.45) is 0 Å². The Balaban J connectivity index is 3.11. The van der Waals surface area contributed by atoms with Crippen molar-refractivity contribution in [1.29, 1.82) is 0 Å². The lowest BCUT2D eigenvalue weighted by molar-refractivity contribution is -0.264. The molecule has 0 aliphatic carbocycles. The number of rotatable bonds is 5. The van der Waals surface area contributed by atoms with Gasteiger partial charge in [-0.15, -0.1) is 0 Å². The summed E-state index contributed by atoms with van der Waals surface area (Å²) in [4.78, 5) is 45.0. The van der Waals surface area contributed by atoms with Gasteiger partial charge >= 0.3 is 17.9 Å². The van der Waals surface area contributed by atoms with E-state index < -0.39 is 54.5 Å². The van der Waals surface area contributed by atoms with Crippen LogP contribution in [0.15, 0.2) is 0 Å². The zero-order valence-electron chi connectivity index (χ0n) is 13.8. The number of esters is 3. The molecule has 24 heavy (non-hydrogen) atoms. The van der Waals surface area contributed by atoms with E-state index in [1.54, 1.807) is 0 Å². The maximum Gasteiger partial charge on any atom is 0.303 e. The molecule has 1 rings (SSSR count). The van der Waals surface area contributed by atoms with Crippen LogP contribution < -0.4 is 5.32 Å². The van der Waals surface area contributed by atoms with Crippen LogP contribution in [0.4, 0.5) is 0 Å². The van der Waals surface area contributed by atoms with E-state index in [9.17, 15) is 24.3 Å². The standard InChI is InChI=1S/C14H21NO9/c1-6(16)15-11-13(23-9(4)19)12(22-8(3)18)10(24-14(11)20)5-21-7(2)17/h10-14,20H,5H2,1-4H3,(H,15,16)/t10?,11-,12-,13-,14-/m0/s1. The van der Waals surface area contributed by atoms with Crippen molar-refractivity contribution in [1.82, 2.24) is 5.32 Å². The van der Waals surface area contributed by atoms with E-state index in [1.807, 2.05) is 0 Å². The number of hydrogen-bond donors (Lipinski definition) is 2. The van der Waals surface area contributed by atoms with E-state index >= 15 is 0 Å². The molecule has 1 amide bonds. The second-order valence-electron chi connectivity index (χ2n) is 5.24. The second-order valence-corrected chi connectivity index (χ2v) is 5.24. The van der Waals surface area contributed by atoms with Gasteiger partial charge in [0.05, 0.1) is 0 Å². The Kier molecular flexibility index (Phi) is 7.11. The summed E-state index contributed by atoms with van der Waals surface area (Å²) in [6.45, 7) is 4.28. The molecule has 0 bridgehead atoms. The molecule has 1 fully saturated rings. The van der Waals surface area contributed by atoms with Crippen molar-refractivity contribution < 1.29 is 43.2 Å². The zero-order chi connectivity index (χ0) is 18.4. The predicted molar refractivity (Wildman–Crippen MR) is 76.2 cm³/mol. The minimum atomic E-state index is -1.56. The molecule has 2 N–H and O–H groups in total. The number of aliphatic hydroxyl groups is 1. The Morgan fingerprint density at radius 1 is 0.958 bits per heavy atom. The van der Waals surface area contributed by atoms with Gasteiger partial charge in [-0.25, -0.2) is 0 Å². The fourth-order valence-electron chi connectivity index (χ4n) is 2.31. The van der Waals surface area contributed by atoms with E-state index in [2.05, 4.69) is 5.32 Å². The van der Waals surface area contributed by atoms with Crippen LogP contribution in [0.25, 0.3) is 0 Å². The fraction of sp³-hybridized carbons (Fsp3) is 0.714. The van der Waals surface area contributed by atoms with Gasteiger partial charge in [-0.2, -0.15) is 0 Å². The van der Waals surface area contributed by atoms with Gasteiger partial charge in [-0.1, -0.05) is 0 Å². The molecule has 0 aromatic rings. The van der Waals surface area contributed by atoms with Crippen molar-refractivity contribution in [3.8, 4) is 0 Å². The quantitative estimate of drug-likeness (QED) is 0.456. The SMILES string of the molecule is CC(=O)N[C@H]1[C@H](OC(C)=O)[C@@H](OC(C)=O)C(COC(C)=O)O[C@@H]1O. The Bertz CT molecular complexity index is 506. The Morgan fingerprint density at radius 3 is 1.96 bits per heavy atom. The van der Waals surface area contributed by atoms with Crippen LogP contribution in [0.1, 0.15) is 27.7 Å². The number of amides is 1. The monoisotopic (exact) mass is 347 g/mol. The molecule has 5 atom stereocenters. The lowest BCUT2D eigenvalue weighted by Gasteiger charge is -2.43. The summed E-state index contributed by atoms with van der Waals surface area (Å²) in [6, 6.07) is -1.16.